The van der Waals surface area contributed by atoms with Crippen LogP contribution in [0.15, 0.2) is 67.0 Å². The second-order valence-electron chi connectivity index (χ2n) is 9.44. The van der Waals surface area contributed by atoms with Gasteiger partial charge in [-0.15, -0.1) is 0 Å². The van der Waals surface area contributed by atoms with Gasteiger partial charge in [-0.2, -0.15) is 0 Å². The van der Waals surface area contributed by atoms with Gasteiger partial charge in [-0.3, -0.25) is 4.79 Å². The molecule has 3 aromatic carbocycles. The number of ether oxygens (including phenoxy) is 2. The lowest BCUT2D eigenvalue weighted by Crippen LogP contribution is -2.30. The van der Waals surface area contributed by atoms with Crippen molar-refractivity contribution in [2.75, 3.05) is 26.0 Å². The summed E-state index contributed by atoms with van der Waals surface area (Å²) in [5.41, 5.74) is 2.02. The van der Waals surface area contributed by atoms with Crippen molar-refractivity contribution in [1.82, 2.24) is 14.9 Å². The maximum atomic E-state index is 13.4. The first-order valence-electron chi connectivity index (χ1n) is 12.6. The fraction of sp³-hybridized carbons (Fsp3) is 0.276. The zero-order valence-corrected chi connectivity index (χ0v) is 22.8. The molecule has 11 heteroatoms. The van der Waals surface area contributed by atoms with Gasteiger partial charge >= 0.3 is 0 Å². The van der Waals surface area contributed by atoms with Crippen molar-refractivity contribution in [2.45, 2.75) is 31.7 Å². The Morgan fingerprint density at radius 3 is 2.62 bits per heavy atom. The molecule has 2 atom stereocenters. The lowest BCUT2D eigenvalue weighted by atomic mass is 10.1. The Hall–Kier alpha value is -3.99. The minimum Gasteiger partial charge on any atom is -0.491 e. The number of fused-ring (bicyclic) bond motifs is 1. The third-order valence-electron chi connectivity index (χ3n) is 5.98. The van der Waals surface area contributed by atoms with Gasteiger partial charge in [-0.05, 0) is 54.1 Å². The summed E-state index contributed by atoms with van der Waals surface area (Å²) in [4.78, 5) is 21.8. The van der Waals surface area contributed by atoms with Crippen molar-refractivity contribution < 1.29 is 28.9 Å². The van der Waals surface area contributed by atoms with Crippen LogP contribution in [0.3, 0.4) is 0 Å². The van der Waals surface area contributed by atoms with E-state index in [0.717, 1.165) is 0 Å². The van der Waals surface area contributed by atoms with E-state index in [2.05, 4.69) is 15.3 Å². The summed E-state index contributed by atoms with van der Waals surface area (Å²) >= 11 is 6.43. The topological polar surface area (TPSA) is 117 Å². The van der Waals surface area contributed by atoms with E-state index in [1.165, 1.54) is 23.4 Å². The van der Waals surface area contributed by atoms with Gasteiger partial charge in [0.15, 0.2) is 0 Å². The van der Waals surface area contributed by atoms with Crippen molar-refractivity contribution in [3.05, 3.63) is 83.4 Å². The average Bonchev–Trinajstić information content (AvgIpc) is 2.91. The Morgan fingerprint density at radius 1 is 1.05 bits per heavy atom. The normalized spacial score (nSPS) is 12.6. The first-order chi connectivity index (χ1) is 19.2. The summed E-state index contributed by atoms with van der Waals surface area (Å²) < 4.78 is 24.9. The lowest BCUT2D eigenvalue weighted by Gasteiger charge is -2.18. The number of aliphatic hydroxyl groups is 2. The zero-order chi connectivity index (χ0) is 28.6. The maximum absolute atomic E-state index is 13.4. The second kappa shape index (κ2) is 13.4. The van der Waals surface area contributed by atoms with Crippen LogP contribution in [0.1, 0.15) is 18.4 Å². The van der Waals surface area contributed by atoms with Crippen LogP contribution in [-0.2, 0) is 11.4 Å². The highest BCUT2D eigenvalue weighted by Gasteiger charge is 2.17. The number of benzene rings is 3. The first-order valence-corrected chi connectivity index (χ1v) is 12.9. The molecule has 0 saturated carbocycles. The van der Waals surface area contributed by atoms with Gasteiger partial charge in [0.25, 0.3) is 0 Å². The van der Waals surface area contributed by atoms with E-state index in [0.29, 0.717) is 44.5 Å². The molecule has 0 saturated heterocycles. The minimum atomic E-state index is -0.973. The van der Waals surface area contributed by atoms with E-state index in [4.69, 9.17) is 21.1 Å². The molecule has 0 fully saturated rings. The van der Waals surface area contributed by atoms with Crippen molar-refractivity contribution in [3.8, 4) is 11.5 Å². The van der Waals surface area contributed by atoms with Crippen LogP contribution in [0.5, 0.6) is 11.5 Å². The Kier molecular flexibility index (Phi) is 9.70. The van der Waals surface area contributed by atoms with Gasteiger partial charge in [-0.25, -0.2) is 14.4 Å². The smallest absolute Gasteiger partial charge is 0.224 e. The summed E-state index contributed by atoms with van der Waals surface area (Å²) in [5.74, 6) is 0.887. The molecular formula is C29H30ClFN4O5. The lowest BCUT2D eigenvalue weighted by molar-refractivity contribution is -0.131. The van der Waals surface area contributed by atoms with Gasteiger partial charge in [0.05, 0.1) is 29.2 Å². The Balaban J connectivity index is 1.39. The standard InChI is InChI=1S/C29H30ClFN4O5/c1-35(2)28(38)13-21(36)12-22(37)16-39-23-7-8-26-24(14-23)29(33-17-32-26)34-20-6-9-27(25(30)11-20)40-15-18-4-3-5-19(31)10-18/h3-11,14,17,21-22,36-37H,12-13,15-16H2,1-2H3,(H,32,33,34)/t21-,22+/m1/s1. The highest BCUT2D eigenvalue weighted by atomic mass is 35.5. The molecule has 40 heavy (non-hydrogen) atoms. The highest BCUT2D eigenvalue weighted by Crippen LogP contribution is 2.32. The molecule has 9 nitrogen and oxygen atoms in total. The maximum Gasteiger partial charge on any atom is 0.224 e. The average molecular weight is 569 g/mol. The third-order valence-corrected chi connectivity index (χ3v) is 6.28. The SMILES string of the molecule is CN(C)C(=O)C[C@H](O)C[C@H](O)COc1ccc2ncnc(Nc3ccc(OCc4cccc(F)c4)c(Cl)c3)c2c1. The number of halogens is 2. The molecule has 210 valence electrons. The number of carbonyl (C=O) groups excluding carboxylic acids is 1. The molecule has 0 unspecified atom stereocenters. The number of aliphatic hydroxyl groups excluding tert-OH is 2. The van der Waals surface area contributed by atoms with Crippen molar-refractivity contribution in [3.63, 3.8) is 0 Å². The monoisotopic (exact) mass is 568 g/mol. The number of carbonyl (C=O) groups is 1. The molecule has 0 aliphatic rings. The van der Waals surface area contributed by atoms with Crippen LogP contribution in [0, 0.1) is 5.82 Å². The van der Waals surface area contributed by atoms with Gasteiger partial charge < -0.3 is 29.9 Å². The number of aromatic nitrogens is 2. The molecule has 0 bridgehead atoms. The summed E-state index contributed by atoms with van der Waals surface area (Å²) in [6.45, 7) is 0.104. The molecule has 1 heterocycles. The first kappa shape index (κ1) is 29.0. The predicted octanol–water partition coefficient (Wildman–Crippen LogP) is 4.71. The van der Waals surface area contributed by atoms with Crippen molar-refractivity contribution in [1.29, 1.82) is 0 Å². The minimum absolute atomic E-state index is 0.00574. The van der Waals surface area contributed by atoms with Gasteiger partial charge in [0.2, 0.25) is 5.91 Å². The van der Waals surface area contributed by atoms with Gasteiger partial charge in [0.1, 0.15) is 42.7 Å². The zero-order valence-electron chi connectivity index (χ0n) is 22.1. The molecule has 0 spiro atoms. The quantitative estimate of drug-likeness (QED) is 0.225. The van der Waals surface area contributed by atoms with Crippen LogP contribution >= 0.6 is 11.6 Å². The molecule has 3 N–H and O–H groups in total. The van der Waals surface area contributed by atoms with E-state index in [1.54, 1.807) is 62.6 Å². The molecule has 1 amide bonds. The number of rotatable bonds is 12. The predicted molar refractivity (Wildman–Crippen MR) is 150 cm³/mol. The van der Waals surface area contributed by atoms with Crippen LogP contribution < -0.4 is 14.8 Å². The van der Waals surface area contributed by atoms with E-state index in [-0.39, 0.29) is 37.8 Å². The van der Waals surface area contributed by atoms with Crippen molar-refractivity contribution >= 4 is 39.9 Å². The van der Waals surface area contributed by atoms with Crippen LogP contribution in [-0.4, -0.2) is 63.9 Å². The van der Waals surface area contributed by atoms with Crippen LogP contribution in [0.25, 0.3) is 10.9 Å². The molecule has 1 aromatic heterocycles. The van der Waals surface area contributed by atoms with Gasteiger partial charge in [0, 0.05) is 31.6 Å². The van der Waals surface area contributed by atoms with E-state index in [1.807, 2.05) is 0 Å². The summed E-state index contributed by atoms with van der Waals surface area (Å²) in [6, 6.07) is 16.6. The third kappa shape index (κ3) is 8.01. The van der Waals surface area contributed by atoms with Gasteiger partial charge in [-0.1, -0.05) is 23.7 Å². The van der Waals surface area contributed by atoms with Crippen LogP contribution in [0.2, 0.25) is 5.02 Å². The van der Waals surface area contributed by atoms with Crippen LogP contribution in [0.4, 0.5) is 15.9 Å². The number of nitrogens with one attached hydrogen (secondary N) is 1. The Morgan fingerprint density at radius 2 is 1.88 bits per heavy atom. The Bertz CT molecular complexity index is 1470. The summed E-state index contributed by atoms with van der Waals surface area (Å²) in [7, 11) is 3.22. The Labute approximate surface area is 236 Å². The fourth-order valence-corrected chi connectivity index (χ4v) is 4.12. The number of amides is 1. The fourth-order valence-electron chi connectivity index (χ4n) is 3.89. The molecule has 4 rings (SSSR count). The largest absolute Gasteiger partial charge is 0.491 e. The number of hydrogen-bond acceptors (Lipinski definition) is 8. The summed E-state index contributed by atoms with van der Waals surface area (Å²) in [5, 5.41) is 24.6. The van der Waals surface area contributed by atoms with Crippen molar-refractivity contribution in [2.24, 2.45) is 0 Å². The number of hydrogen-bond donors (Lipinski definition) is 3. The molecule has 0 radical (unpaired) electrons. The molecule has 0 aliphatic heterocycles. The summed E-state index contributed by atoms with van der Waals surface area (Å²) in [6.07, 6.45) is -0.570. The van der Waals surface area contributed by atoms with E-state index in [9.17, 15) is 19.4 Å². The molecular weight excluding hydrogens is 539 g/mol. The number of nitrogens with zero attached hydrogens (tertiary/aromatic N) is 3. The molecule has 0 aliphatic carbocycles. The second-order valence-corrected chi connectivity index (χ2v) is 9.84. The highest BCUT2D eigenvalue weighted by molar-refractivity contribution is 6.32. The molecule has 4 aromatic rings. The van der Waals surface area contributed by atoms with E-state index >= 15 is 0 Å². The number of anilines is 2. The van der Waals surface area contributed by atoms with E-state index < -0.39 is 12.2 Å².